The molecule has 27 heavy (non-hydrogen) atoms. The summed E-state index contributed by atoms with van der Waals surface area (Å²) in [6.07, 6.45) is 1.75. The first-order valence-electron chi connectivity index (χ1n) is 8.72. The number of carbonyl (C=O) groups excluding carboxylic acids is 1. The van der Waals surface area contributed by atoms with Crippen LogP contribution in [0.3, 0.4) is 0 Å². The van der Waals surface area contributed by atoms with Crippen molar-refractivity contribution in [2.75, 3.05) is 33.0 Å². The summed E-state index contributed by atoms with van der Waals surface area (Å²) < 4.78 is 30.7. The zero-order chi connectivity index (χ0) is 19.9. The molecule has 0 fully saturated rings. The molecule has 0 saturated carbocycles. The second kappa shape index (κ2) is 9.53. The van der Waals surface area contributed by atoms with Gasteiger partial charge in [-0.2, -0.15) is 0 Å². The van der Waals surface area contributed by atoms with Gasteiger partial charge >= 0.3 is 0 Å². The SMILES string of the molecule is COc1cccc(CCN(CCNC(=O)c2ccc(C)cc2)S(C)(=O)=O)c1. The molecule has 1 amide bonds. The smallest absolute Gasteiger partial charge is 0.251 e. The lowest BCUT2D eigenvalue weighted by Crippen LogP contribution is -2.39. The summed E-state index contributed by atoms with van der Waals surface area (Å²) in [7, 11) is -1.77. The third-order valence-electron chi connectivity index (χ3n) is 4.21. The van der Waals surface area contributed by atoms with Crippen LogP contribution in [0.25, 0.3) is 0 Å². The van der Waals surface area contributed by atoms with Gasteiger partial charge in [0.05, 0.1) is 13.4 Å². The van der Waals surface area contributed by atoms with E-state index in [1.165, 1.54) is 10.6 Å². The molecule has 0 aliphatic heterocycles. The largest absolute Gasteiger partial charge is 0.497 e. The summed E-state index contributed by atoms with van der Waals surface area (Å²) in [5, 5.41) is 2.77. The van der Waals surface area contributed by atoms with E-state index in [1.807, 2.05) is 43.3 Å². The van der Waals surface area contributed by atoms with Crippen molar-refractivity contribution in [1.82, 2.24) is 9.62 Å². The minimum atomic E-state index is -3.37. The van der Waals surface area contributed by atoms with Gasteiger partial charge in [-0.25, -0.2) is 12.7 Å². The van der Waals surface area contributed by atoms with Crippen LogP contribution in [0, 0.1) is 6.92 Å². The average Bonchev–Trinajstić information content (AvgIpc) is 2.64. The number of hydrogen-bond acceptors (Lipinski definition) is 4. The molecule has 0 aliphatic carbocycles. The molecule has 0 radical (unpaired) electrons. The lowest BCUT2D eigenvalue weighted by atomic mass is 10.1. The van der Waals surface area contributed by atoms with E-state index in [9.17, 15) is 13.2 Å². The molecule has 0 unspecified atom stereocenters. The highest BCUT2D eigenvalue weighted by Gasteiger charge is 2.17. The first-order valence-corrected chi connectivity index (χ1v) is 10.6. The number of aryl methyl sites for hydroxylation is 1. The van der Waals surface area contributed by atoms with Gasteiger partial charge in [-0.05, 0) is 43.2 Å². The van der Waals surface area contributed by atoms with Gasteiger partial charge in [0, 0.05) is 25.2 Å². The van der Waals surface area contributed by atoms with Crippen molar-refractivity contribution in [2.24, 2.45) is 0 Å². The number of sulfonamides is 1. The van der Waals surface area contributed by atoms with Gasteiger partial charge in [0.15, 0.2) is 0 Å². The Morgan fingerprint density at radius 3 is 2.44 bits per heavy atom. The number of ether oxygens (including phenoxy) is 1. The van der Waals surface area contributed by atoms with Crippen LogP contribution in [-0.4, -0.2) is 51.6 Å². The van der Waals surface area contributed by atoms with Gasteiger partial charge < -0.3 is 10.1 Å². The van der Waals surface area contributed by atoms with E-state index in [2.05, 4.69) is 5.32 Å². The minimum Gasteiger partial charge on any atom is -0.497 e. The van der Waals surface area contributed by atoms with Gasteiger partial charge in [-0.3, -0.25) is 4.79 Å². The summed E-state index contributed by atoms with van der Waals surface area (Å²) in [6, 6.07) is 14.8. The summed E-state index contributed by atoms with van der Waals surface area (Å²) in [5.41, 5.74) is 2.63. The summed E-state index contributed by atoms with van der Waals surface area (Å²) >= 11 is 0. The standard InChI is InChI=1S/C20H26N2O4S/c1-16-7-9-18(10-8-16)20(23)21-12-14-22(27(3,24)25)13-11-17-5-4-6-19(15-17)26-2/h4-10,15H,11-14H2,1-3H3,(H,21,23). The first-order chi connectivity index (χ1) is 12.8. The van der Waals surface area contributed by atoms with Gasteiger partial charge in [-0.15, -0.1) is 0 Å². The molecule has 0 saturated heterocycles. The highest BCUT2D eigenvalue weighted by Crippen LogP contribution is 2.13. The number of hydrogen-bond donors (Lipinski definition) is 1. The Labute approximate surface area is 161 Å². The minimum absolute atomic E-state index is 0.212. The highest BCUT2D eigenvalue weighted by molar-refractivity contribution is 7.88. The lowest BCUT2D eigenvalue weighted by Gasteiger charge is -2.20. The Bertz CT molecular complexity index is 864. The third kappa shape index (κ3) is 6.69. The van der Waals surface area contributed by atoms with E-state index < -0.39 is 10.0 Å². The molecule has 0 aromatic heterocycles. The zero-order valence-corrected chi connectivity index (χ0v) is 16.8. The normalized spacial score (nSPS) is 11.4. The van der Waals surface area contributed by atoms with Crippen molar-refractivity contribution in [3.05, 3.63) is 65.2 Å². The van der Waals surface area contributed by atoms with E-state index >= 15 is 0 Å². The molecule has 1 N–H and O–H groups in total. The molecular formula is C20H26N2O4S. The fourth-order valence-corrected chi connectivity index (χ4v) is 3.47. The molecule has 2 aromatic carbocycles. The number of nitrogens with zero attached hydrogens (tertiary/aromatic N) is 1. The molecule has 7 heteroatoms. The fraction of sp³-hybridized carbons (Fsp3) is 0.350. The molecule has 146 valence electrons. The summed E-state index contributed by atoms with van der Waals surface area (Å²) in [5.74, 6) is 0.528. The van der Waals surface area contributed by atoms with Crippen LogP contribution < -0.4 is 10.1 Å². The number of benzene rings is 2. The second-order valence-electron chi connectivity index (χ2n) is 6.39. The van der Waals surface area contributed by atoms with Crippen molar-refractivity contribution in [3.63, 3.8) is 0 Å². The number of nitrogens with one attached hydrogen (secondary N) is 1. The molecule has 0 heterocycles. The zero-order valence-electron chi connectivity index (χ0n) is 15.9. The van der Waals surface area contributed by atoms with Crippen LogP contribution in [0.15, 0.2) is 48.5 Å². The maximum atomic E-state index is 12.1. The molecule has 0 bridgehead atoms. The molecule has 0 spiro atoms. The van der Waals surface area contributed by atoms with Crippen molar-refractivity contribution < 1.29 is 17.9 Å². The van der Waals surface area contributed by atoms with Crippen molar-refractivity contribution >= 4 is 15.9 Å². The maximum absolute atomic E-state index is 12.1. The van der Waals surface area contributed by atoms with Crippen molar-refractivity contribution in [2.45, 2.75) is 13.3 Å². The topological polar surface area (TPSA) is 75.7 Å². The Hall–Kier alpha value is -2.38. The van der Waals surface area contributed by atoms with Crippen LogP contribution in [0.2, 0.25) is 0 Å². The van der Waals surface area contributed by atoms with Crippen LogP contribution in [0.1, 0.15) is 21.5 Å². The van der Waals surface area contributed by atoms with Crippen LogP contribution in [0.5, 0.6) is 5.75 Å². The first kappa shape index (κ1) is 20.9. The van der Waals surface area contributed by atoms with Gasteiger partial charge in [0.25, 0.3) is 5.91 Å². The lowest BCUT2D eigenvalue weighted by molar-refractivity contribution is 0.0951. The van der Waals surface area contributed by atoms with Crippen LogP contribution >= 0.6 is 0 Å². The Morgan fingerprint density at radius 2 is 1.81 bits per heavy atom. The Morgan fingerprint density at radius 1 is 1.11 bits per heavy atom. The van der Waals surface area contributed by atoms with E-state index in [-0.39, 0.29) is 19.0 Å². The highest BCUT2D eigenvalue weighted by atomic mass is 32.2. The number of carbonyl (C=O) groups is 1. The quantitative estimate of drug-likeness (QED) is 0.712. The molecule has 0 atom stereocenters. The Balaban J connectivity index is 1.90. The third-order valence-corrected chi connectivity index (χ3v) is 5.52. The summed E-state index contributed by atoms with van der Waals surface area (Å²) in [6.45, 7) is 2.76. The van der Waals surface area contributed by atoms with Gasteiger partial charge in [0.1, 0.15) is 5.75 Å². The molecule has 2 aromatic rings. The predicted octanol–water partition coefficient (Wildman–Crippen LogP) is 2.24. The van der Waals surface area contributed by atoms with E-state index in [0.29, 0.717) is 18.5 Å². The molecule has 2 rings (SSSR count). The van der Waals surface area contributed by atoms with Crippen molar-refractivity contribution in [3.8, 4) is 5.75 Å². The monoisotopic (exact) mass is 390 g/mol. The predicted molar refractivity (Wildman–Crippen MR) is 107 cm³/mol. The summed E-state index contributed by atoms with van der Waals surface area (Å²) in [4.78, 5) is 12.1. The number of rotatable bonds is 9. The van der Waals surface area contributed by atoms with E-state index in [0.717, 1.165) is 16.9 Å². The Kier molecular flexibility index (Phi) is 7.38. The maximum Gasteiger partial charge on any atom is 0.251 e. The van der Waals surface area contributed by atoms with Crippen LogP contribution in [-0.2, 0) is 16.4 Å². The van der Waals surface area contributed by atoms with E-state index in [1.54, 1.807) is 19.2 Å². The molecule has 0 aliphatic rings. The fourth-order valence-electron chi connectivity index (χ4n) is 2.63. The van der Waals surface area contributed by atoms with Gasteiger partial charge in [-0.1, -0.05) is 29.8 Å². The average molecular weight is 391 g/mol. The van der Waals surface area contributed by atoms with E-state index in [4.69, 9.17) is 4.74 Å². The molecular weight excluding hydrogens is 364 g/mol. The number of methoxy groups -OCH3 is 1. The van der Waals surface area contributed by atoms with Crippen LogP contribution in [0.4, 0.5) is 0 Å². The van der Waals surface area contributed by atoms with Gasteiger partial charge in [0.2, 0.25) is 10.0 Å². The number of amides is 1. The second-order valence-corrected chi connectivity index (χ2v) is 8.37. The van der Waals surface area contributed by atoms with Crippen molar-refractivity contribution in [1.29, 1.82) is 0 Å². The molecule has 6 nitrogen and oxygen atoms in total.